The van der Waals surface area contributed by atoms with Gasteiger partial charge in [0.1, 0.15) is 11.5 Å². The third kappa shape index (κ3) is 2.70. The molecule has 2 aromatic heterocycles. The lowest BCUT2D eigenvalue weighted by Gasteiger charge is -2.13. The molecule has 0 unspecified atom stereocenters. The summed E-state index contributed by atoms with van der Waals surface area (Å²) in [5, 5.41) is 3.40. The van der Waals surface area contributed by atoms with Gasteiger partial charge in [0.2, 0.25) is 0 Å². The van der Waals surface area contributed by atoms with E-state index >= 15 is 0 Å². The number of fused-ring (bicyclic) bond motifs is 1. The molecule has 4 heteroatoms. The first-order valence-corrected chi connectivity index (χ1v) is 6.64. The molecule has 3 aromatic rings. The van der Waals surface area contributed by atoms with Gasteiger partial charge < -0.3 is 9.72 Å². The SMILES string of the molecule is C[C@H](NCc1cn2ccccc2n1)c1ccc(F)cc1. The first-order valence-electron chi connectivity index (χ1n) is 6.64. The Labute approximate surface area is 117 Å². The summed E-state index contributed by atoms with van der Waals surface area (Å²) in [6.45, 7) is 2.74. The van der Waals surface area contributed by atoms with E-state index in [1.54, 1.807) is 12.1 Å². The van der Waals surface area contributed by atoms with Gasteiger partial charge in [-0.1, -0.05) is 18.2 Å². The van der Waals surface area contributed by atoms with Crippen LogP contribution in [0.2, 0.25) is 0 Å². The number of benzene rings is 1. The minimum absolute atomic E-state index is 0.153. The molecule has 0 bridgehead atoms. The van der Waals surface area contributed by atoms with Crippen molar-refractivity contribution in [2.24, 2.45) is 0 Å². The minimum Gasteiger partial charge on any atom is -0.307 e. The van der Waals surface area contributed by atoms with Gasteiger partial charge in [0.15, 0.2) is 0 Å². The summed E-state index contributed by atoms with van der Waals surface area (Å²) < 4.78 is 14.9. The maximum atomic E-state index is 12.9. The Kier molecular flexibility index (Phi) is 3.48. The lowest BCUT2D eigenvalue weighted by Crippen LogP contribution is -2.18. The number of aromatic nitrogens is 2. The summed E-state index contributed by atoms with van der Waals surface area (Å²) in [5.74, 6) is -0.207. The molecule has 0 saturated heterocycles. The van der Waals surface area contributed by atoms with Crippen LogP contribution in [0.15, 0.2) is 54.9 Å². The maximum Gasteiger partial charge on any atom is 0.137 e. The van der Waals surface area contributed by atoms with E-state index in [2.05, 4.69) is 17.2 Å². The quantitative estimate of drug-likeness (QED) is 0.787. The largest absolute Gasteiger partial charge is 0.307 e. The fraction of sp³-hybridized carbons (Fsp3) is 0.188. The molecule has 0 fully saturated rings. The number of hydrogen-bond donors (Lipinski definition) is 1. The molecular formula is C16H16FN3. The highest BCUT2D eigenvalue weighted by Crippen LogP contribution is 2.13. The van der Waals surface area contributed by atoms with Crippen LogP contribution < -0.4 is 5.32 Å². The number of halogens is 1. The lowest BCUT2D eigenvalue weighted by molar-refractivity contribution is 0.566. The van der Waals surface area contributed by atoms with Gasteiger partial charge in [-0.15, -0.1) is 0 Å². The second kappa shape index (κ2) is 5.43. The van der Waals surface area contributed by atoms with E-state index in [1.165, 1.54) is 12.1 Å². The molecule has 2 heterocycles. The lowest BCUT2D eigenvalue weighted by atomic mass is 10.1. The molecule has 20 heavy (non-hydrogen) atoms. The van der Waals surface area contributed by atoms with E-state index in [4.69, 9.17) is 0 Å². The summed E-state index contributed by atoms with van der Waals surface area (Å²) in [6, 6.07) is 12.7. The van der Waals surface area contributed by atoms with Crippen molar-refractivity contribution in [3.63, 3.8) is 0 Å². The van der Waals surface area contributed by atoms with Crippen molar-refractivity contribution in [1.82, 2.24) is 14.7 Å². The van der Waals surface area contributed by atoms with E-state index in [0.717, 1.165) is 16.9 Å². The van der Waals surface area contributed by atoms with Crippen molar-refractivity contribution in [3.8, 4) is 0 Å². The highest BCUT2D eigenvalue weighted by Gasteiger charge is 2.06. The Hall–Kier alpha value is -2.20. The minimum atomic E-state index is -0.207. The highest BCUT2D eigenvalue weighted by molar-refractivity contribution is 5.39. The third-order valence-corrected chi connectivity index (χ3v) is 3.37. The van der Waals surface area contributed by atoms with Crippen LogP contribution in [0.4, 0.5) is 4.39 Å². The molecule has 0 saturated carbocycles. The summed E-state index contributed by atoms with van der Waals surface area (Å²) in [4.78, 5) is 4.53. The van der Waals surface area contributed by atoms with Crippen molar-refractivity contribution in [2.75, 3.05) is 0 Å². The normalized spacial score (nSPS) is 12.7. The molecule has 3 rings (SSSR count). The fourth-order valence-corrected chi connectivity index (χ4v) is 2.20. The van der Waals surface area contributed by atoms with Gasteiger partial charge in [-0.25, -0.2) is 9.37 Å². The zero-order valence-electron chi connectivity index (χ0n) is 11.3. The summed E-state index contributed by atoms with van der Waals surface area (Å²) in [5.41, 5.74) is 3.00. The summed E-state index contributed by atoms with van der Waals surface area (Å²) in [7, 11) is 0. The Morgan fingerprint density at radius 1 is 1.20 bits per heavy atom. The van der Waals surface area contributed by atoms with E-state index in [0.29, 0.717) is 6.54 Å². The van der Waals surface area contributed by atoms with Gasteiger partial charge in [-0.2, -0.15) is 0 Å². The molecule has 0 spiro atoms. The predicted molar refractivity (Wildman–Crippen MR) is 76.8 cm³/mol. The number of nitrogens with one attached hydrogen (secondary N) is 1. The molecule has 0 amide bonds. The number of pyridine rings is 1. The van der Waals surface area contributed by atoms with E-state index in [1.807, 2.05) is 35.0 Å². The molecular weight excluding hydrogens is 253 g/mol. The monoisotopic (exact) mass is 269 g/mol. The third-order valence-electron chi connectivity index (χ3n) is 3.37. The van der Waals surface area contributed by atoms with Crippen molar-refractivity contribution >= 4 is 5.65 Å². The topological polar surface area (TPSA) is 29.3 Å². The predicted octanol–water partition coefficient (Wildman–Crippen LogP) is 3.32. The molecule has 3 nitrogen and oxygen atoms in total. The van der Waals surface area contributed by atoms with Crippen LogP contribution in [0.5, 0.6) is 0 Å². The smallest absolute Gasteiger partial charge is 0.137 e. The molecule has 1 aromatic carbocycles. The van der Waals surface area contributed by atoms with Crippen LogP contribution in [-0.4, -0.2) is 9.38 Å². The molecule has 102 valence electrons. The summed E-state index contributed by atoms with van der Waals surface area (Å²) in [6.07, 6.45) is 3.99. The van der Waals surface area contributed by atoms with Crippen molar-refractivity contribution in [3.05, 3.63) is 71.9 Å². The Morgan fingerprint density at radius 2 is 2.00 bits per heavy atom. The van der Waals surface area contributed by atoms with Crippen LogP contribution in [-0.2, 0) is 6.54 Å². The molecule has 0 aliphatic rings. The number of rotatable bonds is 4. The van der Waals surface area contributed by atoms with Crippen molar-refractivity contribution in [2.45, 2.75) is 19.5 Å². The zero-order chi connectivity index (χ0) is 13.9. The van der Waals surface area contributed by atoms with Crippen LogP contribution in [0.1, 0.15) is 24.2 Å². The van der Waals surface area contributed by atoms with E-state index < -0.39 is 0 Å². The van der Waals surface area contributed by atoms with Crippen LogP contribution in [0, 0.1) is 5.82 Å². The standard InChI is InChI=1S/C16H16FN3/c1-12(13-5-7-14(17)8-6-13)18-10-15-11-20-9-3-2-4-16(20)19-15/h2-9,11-12,18H,10H2,1H3/t12-/m0/s1. The van der Waals surface area contributed by atoms with E-state index in [-0.39, 0.29) is 11.9 Å². The first-order chi connectivity index (χ1) is 9.72. The van der Waals surface area contributed by atoms with Crippen LogP contribution in [0.3, 0.4) is 0 Å². The van der Waals surface area contributed by atoms with Gasteiger partial charge >= 0.3 is 0 Å². The van der Waals surface area contributed by atoms with Crippen molar-refractivity contribution < 1.29 is 4.39 Å². The molecule has 0 aliphatic heterocycles. The fourth-order valence-electron chi connectivity index (χ4n) is 2.20. The second-order valence-electron chi connectivity index (χ2n) is 4.85. The zero-order valence-corrected chi connectivity index (χ0v) is 11.3. The second-order valence-corrected chi connectivity index (χ2v) is 4.85. The Morgan fingerprint density at radius 3 is 2.75 bits per heavy atom. The number of imidazole rings is 1. The van der Waals surface area contributed by atoms with Crippen molar-refractivity contribution in [1.29, 1.82) is 0 Å². The van der Waals surface area contributed by atoms with Crippen LogP contribution in [0.25, 0.3) is 5.65 Å². The van der Waals surface area contributed by atoms with Crippen LogP contribution >= 0.6 is 0 Å². The molecule has 0 radical (unpaired) electrons. The Balaban J connectivity index is 1.68. The Bertz CT molecular complexity index is 670. The van der Waals surface area contributed by atoms with Gasteiger partial charge in [-0.05, 0) is 36.8 Å². The van der Waals surface area contributed by atoms with E-state index in [9.17, 15) is 4.39 Å². The first kappa shape index (κ1) is 12.8. The average molecular weight is 269 g/mol. The highest BCUT2D eigenvalue weighted by atomic mass is 19.1. The molecule has 1 atom stereocenters. The maximum absolute atomic E-state index is 12.9. The number of hydrogen-bond acceptors (Lipinski definition) is 2. The molecule has 0 aliphatic carbocycles. The van der Waals surface area contributed by atoms with Gasteiger partial charge in [0.25, 0.3) is 0 Å². The van der Waals surface area contributed by atoms with Gasteiger partial charge in [0.05, 0.1) is 5.69 Å². The van der Waals surface area contributed by atoms with Gasteiger partial charge in [-0.3, -0.25) is 0 Å². The van der Waals surface area contributed by atoms with Gasteiger partial charge in [0, 0.05) is 25.0 Å². The number of nitrogens with zero attached hydrogens (tertiary/aromatic N) is 2. The average Bonchev–Trinajstić information content (AvgIpc) is 2.88. The summed E-state index contributed by atoms with van der Waals surface area (Å²) >= 11 is 0. The molecule has 1 N–H and O–H groups in total.